The molecule has 0 aliphatic carbocycles. The second-order valence-electron chi connectivity index (χ2n) is 9.16. The van der Waals surface area contributed by atoms with Crippen LogP contribution in [0, 0.1) is 5.82 Å². The number of likely N-dealkylation sites (N-methyl/N-ethyl adjacent to an activating group) is 1. The highest BCUT2D eigenvalue weighted by molar-refractivity contribution is 7.98. The predicted octanol–water partition coefficient (Wildman–Crippen LogP) is 4.38. The number of nitrogens with zero attached hydrogens (tertiary/aromatic N) is 4. The molecule has 2 aliphatic heterocycles. The van der Waals surface area contributed by atoms with Crippen molar-refractivity contribution in [2.75, 3.05) is 52.3 Å². The topological polar surface area (TPSA) is 76.2 Å². The fourth-order valence-electron chi connectivity index (χ4n) is 3.78. The maximum Gasteiger partial charge on any atom is 0.242 e. The Kier molecular flexibility index (Phi) is 21.0. The van der Waals surface area contributed by atoms with E-state index in [1.807, 2.05) is 24.9 Å². The number of hydrazine groups is 1. The lowest BCUT2D eigenvalue weighted by molar-refractivity contribution is -0.188. The van der Waals surface area contributed by atoms with Crippen molar-refractivity contribution in [1.82, 2.24) is 25.1 Å². The number of nitrogens with one attached hydrogen (secondary N) is 1. The number of carbonyl (C=O) groups excluding carboxylic acids is 3. The van der Waals surface area contributed by atoms with Crippen molar-refractivity contribution in [1.29, 1.82) is 0 Å². The monoisotopic (exact) mass is 567 g/mol. The third kappa shape index (κ3) is 14.5. The Morgan fingerprint density at radius 2 is 1.69 bits per heavy atom. The van der Waals surface area contributed by atoms with Crippen molar-refractivity contribution in [2.45, 2.75) is 65.6 Å². The lowest BCUT2D eigenvalue weighted by atomic mass is 10.2. The van der Waals surface area contributed by atoms with E-state index in [2.05, 4.69) is 38.9 Å². The van der Waals surface area contributed by atoms with E-state index in [-0.39, 0.29) is 36.9 Å². The zero-order valence-corrected chi connectivity index (χ0v) is 25.6. The van der Waals surface area contributed by atoms with Crippen LogP contribution in [0.4, 0.5) is 4.39 Å². The standard InChI is InChI=1S/C13H20N4O3.C8H10FN.C5H12.C3H8S/c1-3-4-5-6-15-7-11-16(9-12(15)19)13(20)8-14(2)17(11)10-18;1-10-6-7-2-4-8(9)5-3-7;1-3-5-4-2;1-3-4-2/h3,10-11H,1,4-9H2,2H3;2-5,10H,6H2,1H3;3-5H2,1-2H3;3H2,1-2H3. The first-order valence-corrected chi connectivity index (χ1v) is 15.1. The smallest absolute Gasteiger partial charge is 0.242 e. The van der Waals surface area contributed by atoms with E-state index in [9.17, 15) is 18.8 Å². The number of carbonyl (C=O) groups is 3. The number of unbranched alkanes of at least 4 members (excludes halogenated alkanes) is 3. The Bertz CT molecular complexity index is 824. The third-order valence-corrected chi connectivity index (χ3v) is 6.60. The summed E-state index contributed by atoms with van der Waals surface area (Å²) < 4.78 is 12.3. The number of halogens is 1. The Hall–Kier alpha value is -2.43. The number of fused-ring (bicyclic) bond motifs is 1. The summed E-state index contributed by atoms with van der Waals surface area (Å²) in [5.41, 5.74) is 1.10. The highest BCUT2D eigenvalue weighted by Gasteiger charge is 2.42. The van der Waals surface area contributed by atoms with Crippen LogP contribution in [0.5, 0.6) is 0 Å². The number of allylic oxidation sites excluding steroid dienone is 1. The summed E-state index contributed by atoms with van der Waals surface area (Å²) in [7, 11) is 3.56. The lowest BCUT2D eigenvalue weighted by Gasteiger charge is -2.50. The highest BCUT2D eigenvalue weighted by Crippen LogP contribution is 2.20. The second kappa shape index (κ2) is 22.4. The number of thioether (sulfide) groups is 1. The van der Waals surface area contributed by atoms with E-state index in [4.69, 9.17) is 0 Å². The number of benzene rings is 1. The minimum atomic E-state index is -0.389. The van der Waals surface area contributed by atoms with Crippen molar-refractivity contribution in [3.8, 4) is 0 Å². The maximum absolute atomic E-state index is 12.3. The number of piperazine rings is 1. The molecule has 1 unspecified atom stereocenters. The molecule has 0 saturated carbocycles. The molecule has 0 spiro atoms. The van der Waals surface area contributed by atoms with Gasteiger partial charge >= 0.3 is 0 Å². The summed E-state index contributed by atoms with van der Waals surface area (Å²) in [6.07, 6.45) is 9.99. The van der Waals surface area contributed by atoms with Gasteiger partial charge in [-0.3, -0.25) is 19.4 Å². The van der Waals surface area contributed by atoms with Gasteiger partial charge in [0.15, 0.2) is 0 Å². The first kappa shape index (κ1) is 36.6. The maximum atomic E-state index is 12.3. The highest BCUT2D eigenvalue weighted by atomic mass is 32.2. The Morgan fingerprint density at radius 1 is 1.08 bits per heavy atom. The molecule has 0 radical (unpaired) electrons. The SMILES string of the molecule is C=CCCCN1CC2N(CC1=O)C(=O)CN(C)N2C=O.CCCCC.CCSC.CNCc1ccc(F)cc1. The Balaban J connectivity index is 0.000000628. The van der Waals surface area contributed by atoms with Gasteiger partial charge in [-0.15, -0.1) is 6.58 Å². The van der Waals surface area contributed by atoms with Gasteiger partial charge < -0.3 is 15.1 Å². The molecule has 10 heteroatoms. The molecule has 8 nitrogen and oxygen atoms in total. The first-order valence-electron chi connectivity index (χ1n) is 13.7. The number of hydrogen-bond acceptors (Lipinski definition) is 6. The molecule has 3 rings (SSSR count). The van der Waals surface area contributed by atoms with Gasteiger partial charge in [0, 0.05) is 20.1 Å². The fourth-order valence-corrected chi connectivity index (χ4v) is 3.78. The van der Waals surface area contributed by atoms with Crippen molar-refractivity contribution in [2.24, 2.45) is 0 Å². The summed E-state index contributed by atoms with van der Waals surface area (Å²) in [4.78, 5) is 38.4. The molecule has 2 saturated heterocycles. The van der Waals surface area contributed by atoms with Gasteiger partial charge in [-0.2, -0.15) is 11.8 Å². The summed E-state index contributed by atoms with van der Waals surface area (Å²) in [6.45, 7) is 12.2. The van der Waals surface area contributed by atoms with E-state index in [1.165, 1.54) is 47.1 Å². The third-order valence-electron chi connectivity index (χ3n) is 6.02. The van der Waals surface area contributed by atoms with Gasteiger partial charge in [-0.25, -0.2) is 9.40 Å². The Morgan fingerprint density at radius 3 is 2.15 bits per heavy atom. The van der Waals surface area contributed by atoms with Crippen molar-refractivity contribution in [3.05, 3.63) is 48.3 Å². The van der Waals surface area contributed by atoms with Gasteiger partial charge in [0.05, 0.1) is 13.1 Å². The number of rotatable bonds is 10. The fraction of sp³-hybridized carbons (Fsp3) is 0.621. The van der Waals surface area contributed by atoms with Crippen LogP contribution in [-0.4, -0.2) is 96.5 Å². The Labute approximate surface area is 239 Å². The molecular formula is C29H50FN5O3S. The van der Waals surface area contributed by atoms with Crippen molar-refractivity contribution >= 4 is 30.0 Å². The molecule has 2 aliphatic rings. The number of hydrogen-bond donors (Lipinski definition) is 1. The summed E-state index contributed by atoms with van der Waals surface area (Å²) in [5, 5.41) is 6.05. The molecule has 1 N–H and O–H groups in total. The molecule has 2 fully saturated rings. The molecule has 1 aromatic rings. The van der Waals surface area contributed by atoms with Crippen LogP contribution in [0.2, 0.25) is 0 Å². The molecule has 1 atom stereocenters. The predicted molar refractivity (Wildman–Crippen MR) is 160 cm³/mol. The summed E-state index contributed by atoms with van der Waals surface area (Å²) >= 11 is 1.86. The molecule has 0 bridgehead atoms. The average molecular weight is 568 g/mol. The van der Waals surface area contributed by atoms with Crippen molar-refractivity contribution in [3.63, 3.8) is 0 Å². The second-order valence-corrected chi connectivity index (χ2v) is 10.3. The van der Waals surface area contributed by atoms with Gasteiger partial charge in [0.25, 0.3) is 0 Å². The average Bonchev–Trinajstić information content (AvgIpc) is 2.92. The zero-order chi connectivity index (χ0) is 29.6. The van der Waals surface area contributed by atoms with Gasteiger partial charge in [0.1, 0.15) is 18.5 Å². The van der Waals surface area contributed by atoms with Crippen LogP contribution < -0.4 is 5.32 Å². The quantitative estimate of drug-likeness (QED) is 0.257. The number of amides is 3. The normalized spacial score (nSPS) is 16.6. The minimum absolute atomic E-state index is 0.0514. The van der Waals surface area contributed by atoms with Crippen LogP contribution in [0.1, 0.15) is 58.4 Å². The van der Waals surface area contributed by atoms with E-state index >= 15 is 0 Å². The molecule has 39 heavy (non-hydrogen) atoms. The van der Waals surface area contributed by atoms with Gasteiger partial charge in [-0.05, 0) is 49.6 Å². The van der Waals surface area contributed by atoms with E-state index in [1.54, 1.807) is 29.1 Å². The molecule has 2 heterocycles. The van der Waals surface area contributed by atoms with E-state index in [0.717, 1.165) is 24.9 Å². The molecule has 1 aromatic carbocycles. The van der Waals surface area contributed by atoms with Gasteiger partial charge in [0.2, 0.25) is 18.2 Å². The van der Waals surface area contributed by atoms with Crippen LogP contribution >= 0.6 is 11.8 Å². The van der Waals surface area contributed by atoms with E-state index < -0.39 is 0 Å². The van der Waals surface area contributed by atoms with Gasteiger partial charge in [-0.1, -0.05) is 58.2 Å². The van der Waals surface area contributed by atoms with Crippen LogP contribution in [0.25, 0.3) is 0 Å². The van der Waals surface area contributed by atoms with Crippen LogP contribution in [0.3, 0.4) is 0 Å². The lowest BCUT2D eigenvalue weighted by Crippen LogP contribution is -2.71. The molecule has 222 valence electrons. The summed E-state index contributed by atoms with van der Waals surface area (Å²) in [6, 6.07) is 6.47. The largest absolute Gasteiger partial charge is 0.337 e. The van der Waals surface area contributed by atoms with Crippen LogP contribution in [-0.2, 0) is 20.9 Å². The summed E-state index contributed by atoms with van der Waals surface area (Å²) in [5.74, 6) is 0.878. The van der Waals surface area contributed by atoms with Crippen molar-refractivity contribution < 1.29 is 18.8 Å². The van der Waals surface area contributed by atoms with E-state index in [0.29, 0.717) is 19.5 Å². The minimum Gasteiger partial charge on any atom is -0.337 e. The first-order chi connectivity index (χ1) is 18.7. The molecule has 0 aromatic heterocycles. The zero-order valence-electron chi connectivity index (χ0n) is 24.8. The molecule has 3 amide bonds. The molecular weight excluding hydrogens is 517 g/mol. The van der Waals surface area contributed by atoms with Crippen LogP contribution in [0.15, 0.2) is 36.9 Å².